The number of amides is 1. The fraction of sp³-hybridized carbons (Fsp3) is 0.160. The zero-order chi connectivity index (χ0) is 23.5. The van der Waals surface area contributed by atoms with Crippen molar-refractivity contribution in [3.63, 3.8) is 0 Å². The number of aliphatic hydroxyl groups excluding tert-OH is 1. The number of Topliss-reactive ketones (excluding diaryl/α,β-unsaturated/α-hetero) is 1. The Kier molecular flexibility index (Phi) is 5.99. The van der Waals surface area contributed by atoms with Crippen LogP contribution in [0.15, 0.2) is 72.6 Å². The molecule has 1 aromatic heterocycles. The molecule has 1 aliphatic rings. The molecular weight excluding hydrogens is 424 g/mol. The third-order valence-electron chi connectivity index (χ3n) is 5.50. The number of pyridine rings is 1. The summed E-state index contributed by atoms with van der Waals surface area (Å²) >= 11 is 0. The molecule has 1 fully saturated rings. The van der Waals surface area contributed by atoms with Crippen molar-refractivity contribution in [1.29, 1.82) is 0 Å². The van der Waals surface area contributed by atoms with E-state index in [0.717, 1.165) is 5.56 Å². The summed E-state index contributed by atoms with van der Waals surface area (Å²) < 4.78 is 10.4. The number of phenolic OH excluding ortho intramolecular Hbond substituents is 1. The summed E-state index contributed by atoms with van der Waals surface area (Å²) in [5.74, 6) is -1.16. The van der Waals surface area contributed by atoms with E-state index in [4.69, 9.17) is 9.47 Å². The zero-order valence-electron chi connectivity index (χ0n) is 18.1. The van der Waals surface area contributed by atoms with Crippen molar-refractivity contribution in [3.8, 4) is 17.2 Å². The third kappa shape index (κ3) is 4.10. The second-order valence-corrected chi connectivity index (χ2v) is 7.45. The average molecular weight is 446 g/mol. The number of benzene rings is 2. The van der Waals surface area contributed by atoms with E-state index >= 15 is 0 Å². The van der Waals surface area contributed by atoms with Crippen LogP contribution in [0, 0.1) is 0 Å². The van der Waals surface area contributed by atoms with Gasteiger partial charge in [-0.05, 0) is 53.6 Å². The van der Waals surface area contributed by atoms with Crippen molar-refractivity contribution in [2.45, 2.75) is 12.6 Å². The van der Waals surface area contributed by atoms with Crippen molar-refractivity contribution < 1.29 is 29.3 Å². The van der Waals surface area contributed by atoms with E-state index in [9.17, 15) is 19.8 Å². The van der Waals surface area contributed by atoms with Crippen LogP contribution >= 0.6 is 0 Å². The smallest absolute Gasteiger partial charge is 0.295 e. The van der Waals surface area contributed by atoms with Gasteiger partial charge in [-0.3, -0.25) is 14.6 Å². The maximum absolute atomic E-state index is 13.1. The lowest BCUT2D eigenvalue weighted by Gasteiger charge is -2.25. The highest BCUT2D eigenvalue weighted by atomic mass is 16.5. The number of rotatable bonds is 6. The van der Waals surface area contributed by atoms with E-state index in [2.05, 4.69) is 4.98 Å². The molecule has 1 aliphatic heterocycles. The van der Waals surface area contributed by atoms with Gasteiger partial charge < -0.3 is 24.6 Å². The molecule has 4 rings (SSSR count). The Morgan fingerprint density at radius 1 is 1.06 bits per heavy atom. The van der Waals surface area contributed by atoms with E-state index < -0.39 is 17.7 Å². The predicted molar refractivity (Wildman–Crippen MR) is 120 cm³/mol. The Balaban J connectivity index is 1.87. The lowest BCUT2D eigenvalue weighted by molar-refractivity contribution is -0.140. The van der Waals surface area contributed by atoms with E-state index in [0.29, 0.717) is 16.9 Å². The van der Waals surface area contributed by atoms with Gasteiger partial charge in [0.15, 0.2) is 11.5 Å². The molecule has 168 valence electrons. The van der Waals surface area contributed by atoms with Gasteiger partial charge in [-0.15, -0.1) is 0 Å². The van der Waals surface area contributed by atoms with Crippen molar-refractivity contribution in [1.82, 2.24) is 9.88 Å². The zero-order valence-corrected chi connectivity index (χ0v) is 18.1. The Morgan fingerprint density at radius 2 is 1.82 bits per heavy atom. The van der Waals surface area contributed by atoms with Crippen LogP contribution in [-0.2, 0) is 16.1 Å². The second-order valence-electron chi connectivity index (χ2n) is 7.45. The number of aliphatic hydroxyl groups is 1. The molecule has 2 heterocycles. The molecule has 2 N–H and O–H groups in total. The Hall–Kier alpha value is -4.33. The van der Waals surface area contributed by atoms with Gasteiger partial charge in [-0.1, -0.05) is 12.1 Å². The second kappa shape index (κ2) is 9.04. The third-order valence-corrected chi connectivity index (χ3v) is 5.50. The minimum atomic E-state index is -0.901. The standard InChI is InChI=1S/C25H22N2O6/c1-32-18-8-5-16(6-9-18)23(29)21-22(17-7-10-19(28)20(12-17)33-2)27(25(31)24(21)30)14-15-4-3-11-26-13-15/h3-13,22,28-29H,14H2,1-2H3/b23-21+/t22-/m1/s1. The van der Waals surface area contributed by atoms with Crippen LogP contribution in [-0.4, -0.2) is 46.0 Å². The number of carbonyl (C=O) groups excluding carboxylic acids is 2. The number of hydrogen-bond acceptors (Lipinski definition) is 7. The summed E-state index contributed by atoms with van der Waals surface area (Å²) in [6.07, 6.45) is 3.22. The van der Waals surface area contributed by atoms with E-state index in [1.54, 1.807) is 60.9 Å². The first-order valence-electron chi connectivity index (χ1n) is 10.1. The molecule has 0 bridgehead atoms. The molecule has 2 aromatic carbocycles. The molecule has 3 aromatic rings. The van der Waals surface area contributed by atoms with Crippen molar-refractivity contribution in [3.05, 3.63) is 89.3 Å². The molecule has 33 heavy (non-hydrogen) atoms. The minimum Gasteiger partial charge on any atom is -0.507 e. The van der Waals surface area contributed by atoms with Gasteiger partial charge in [0.25, 0.3) is 11.7 Å². The first kappa shape index (κ1) is 21.9. The maximum atomic E-state index is 13.1. The van der Waals surface area contributed by atoms with Gasteiger partial charge in [0.1, 0.15) is 11.5 Å². The number of aromatic hydroxyl groups is 1. The molecule has 1 atom stereocenters. The number of ketones is 1. The number of methoxy groups -OCH3 is 2. The highest BCUT2D eigenvalue weighted by Gasteiger charge is 2.46. The normalized spacial score (nSPS) is 17.3. The van der Waals surface area contributed by atoms with Gasteiger partial charge >= 0.3 is 0 Å². The summed E-state index contributed by atoms with van der Waals surface area (Å²) in [4.78, 5) is 31.6. The average Bonchev–Trinajstić information content (AvgIpc) is 3.09. The van der Waals surface area contributed by atoms with Crippen molar-refractivity contribution in [2.24, 2.45) is 0 Å². The van der Waals surface area contributed by atoms with Crippen LogP contribution < -0.4 is 9.47 Å². The SMILES string of the molecule is COc1ccc(/C(O)=C2\C(=O)C(=O)N(Cc3cccnc3)[C@@H]2c2ccc(O)c(OC)c2)cc1. The quantitative estimate of drug-likeness (QED) is 0.339. The van der Waals surface area contributed by atoms with Gasteiger partial charge in [-0.25, -0.2) is 0 Å². The number of nitrogens with zero attached hydrogens (tertiary/aromatic N) is 2. The Bertz CT molecular complexity index is 1220. The molecule has 0 aliphatic carbocycles. The van der Waals surface area contributed by atoms with Gasteiger partial charge in [0.2, 0.25) is 0 Å². The molecule has 0 radical (unpaired) electrons. The van der Waals surface area contributed by atoms with Gasteiger partial charge in [-0.2, -0.15) is 0 Å². The highest BCUT2D eigenvalue weighted by molar-refractivity contribution is 6.46. The van der Waals surface area contributed by atoms with Gasteiger partial charge in [0, 0.05) is 24.5 Å². The van der Waals surface area contributed by atoms with Crippen LogP contribution in [0.25, 0.3) is 5.76 Å². The molecule has 0 unspecified atom stereocenters. The number of likely N-dealkylation sites (tertiary alicyclic amines) is 1. The molecule has 8 nitrogen and oxygen atoms in total. The molecule has 8 heteroatoms. The molecule has 0 spiro atoms. The van der Waals surface area contributed by atoms with Crippen molar-refractivity contribution in [2.75, 3.05) is 14.2 Å². The molecule has 1 amide bonds. The first-order chi connectivity index (χ1) is 15.9. The Labute approximate surface area is 190 Å². The lowest BCUT2D eigenvalue weighted by Crippen LogP contribution is -2.29. The predicted octanol–water partition coefficient (Wildman–Crippen LogP) is 3.43. The summed E-state index contributed by atoms with van der Waals surface area (Å²) in [6, 6.07) is 13.7. The number of phenols is 1. The monoisotopic (exact) mass is 446 g/mol. The topological polar surface area (TPSA) is 109 Å². The molecule has 1 saturated heterocycles. The van der Waals surface area contributed by atoms with E-state index in [1.165, 1.54) is 25.2 Å². The van der Waals surface area contributed by atoms with Crippen molar-refractivity contribution >= 4 is 17.4 Å². The summed E-state index contributed by atoms with van der Waals surface area (Å²) in [5.41, 5.74) is 1.54. The van der Waals surface area contributed by atoms with Crippen LogP contribution in [0.3, 0.4) is 0 Å². The fourth-order valence-corrected chi connectivity index (χ4v) is 3.85. The lowest BCUT2D eigenvalue weighted by atomic mass is 9.95. The number of ether oxygens (including phenoxy) is 2. The summed E-state index contributed by atoms with van der Waals surface area (Å²) in [6.45, 7) is 0.103. The summed E-state index contributed by atoms with van der Waals surface area (Å²) in [7, 11) is 2.93. The van der Waals surface area contributed by atoms with Crippen LogP contribution in [0.1, 0.15) is 22.7 Å². The number of aromatic nitrogens is 1. The summed E-state index contributed by atoms with van der Waals surface area (Å²) in [5, 5.41) is 21.1. The van der Waals surface area contributed by atoms with Gasteiger partial charge in [0.05, 0.1) is 25.8 Å². The molecule has 0 saturated carbocycles. The number of hydrogen-bond donors (Lipinski definition) is 2. The van der Waals surface area contributed by atoms with Crippen LogP contribution in [0.5, 0.6) is 17.2 Å². The van der Waals surface area contributed by atoms with E-state index in [1.807, 2.05) is 0 Å². The molecular formula is C25H22N2O6. The van der Waals surface area contributed by atoms with Crippen LogP contribution in [0.2, 0.25) is 0 Å². The maximum Gasteiger partial charge on any atom is 0.295 e. The fourth-order valence-electron chi connectivity index (χ4n) is 3.85. The first-order valence-corrected chi connectivity index (χ1v) is 10.1. The highest BCUT2D eigenvalue weighted by Crippen LogP contribution is 2.42. The van der Waals surface area contributed by atoms with Crippen LogP contribution in [0.4, 0.5) is 0 Å². The Morgan fingerprint density at radius 3 is 2.45 bits per heavy atom. The number of carbonyl (C=O) groups is 2. The largest absolute Gasteiger partial charge is 0.507 e. The van der Waals surface area contributed by atoms with E-state index in [-0.39, 0.29) is 29.4 Å². The minimum absolute atomic E-state index is 0.0539.